The predicted molar refractivity (Wildman–Crippen MR) is 134 cm³/mol. The summed E-state index contributed by atoms with van der Waals surface area (Å²) in [5.41, 5.74) is -1.55. The van der Waals surface area contributed by atoms with Crippen molar-refractivity contribution in [2.75, 3.05) is 6.54 Å². The molecular formula is C24H28ClN3O7S. The van der Waals surface area contributed by atoms with E-state index in [4.69, 9.17) is 32.0 Å². The summed E-state index contributed by atoms with van der Waals surface area (Å²) >= 11 is 8.14. The second-order valence-corrected chi connectivity index (χ2v) is 9.45. The number of carboxylic acids is 3. The zero-order valence-corrected chi connectivity index (χ0v) is 20.9. The fraction of sp³-hybridized carbons (Fsp3) is 0.333. The lowest BCUT2D eigenvalue weighted by atomic mass is 9.96. The van der Waals surface area contributed by atoms with Crippen LogP contribution in [0.15, 0.2) is 60.5 Å². The van der Waals surface area contributed by atoms with Gasteiger partial charge in [0.1, 0.15) is 0 Å². The van der Waals surface area contributed by atoms with Gasteiger partial charge in [-0.15, -0.1) is 11.3 Å². The standard InChI is InChI=1S/C18H20ClN3S.C6H8O7/c19-18-7-2-1-5-16(18)13-22(14-17-6-3-12-23-17)10-4-9-21-11-8-20-15-21;7-3(8)1-6(13,5(11)12)2-4(9)10/h1-3,5-8,11-12,15H,4,9-10,13-14H2;13H,1-2H2,(H,7,8)(H,9,10)(H,11,12). The smallest absolute Gasteiger partial charge is 0.336 e. The molecule has 0 bridgehead atoms. The molecule has 1 aromatic carbocycles. The minimum absolute atomic E-state index is 0.846. The molecule has 0 spiro atoms. The molecule has 3 rings (SSSR count). The number of aromatic nitrogens is 2. The Labute approximate surface area is 217 Å². The van der Waals surface area contributed by atoms with Crippen molar-refractivity contribution < 1.29 is 34.8 Å². The number of aryl methyl sites for hydroxylation is 1. The quantitative estimate of drug-likeness (QED) is 0.257. The first-order valence-corrected chi connectivity index (χ1v) is 12.2. The molecule has 12 heteroatoms. The molecule has 0 aliphatic heterocycles. The highest BCUT2D eigenvalue weighted by atomic mass is 35.5. The third-order valence-corrected chi connectivity index (χ3v) is 6.28. The highest BCUT2D eigenvalue weighted by Crippen LogP contribution is 2.20. The number of benzene rings is 1. The number of rotatable bonds is 13. The SMILES string of the molecule is Clc1ccccc1CN(CCCn1ccnc1)Cc1cccs1.O=C(O)CC(O)(CC(=O)O)C(=O)O. The maximum absolute atomic E-state index is 10.3. The van der Waals surface area contributed by atoms with Crippen molar-refractivity contribution in [3.05, 3.63) is 76.0 Å². The maximum atomic E-state index is 10.3. The molecule has 2 heterocycles. The van der Waals surface area contributed by atoms with Crippen molar-refractivity contribution in [3.63, 3.8) is 0 Å². The molecule has 0 atom stereocenters. The van der Waals surface area contributed by atoms with E-state index in [0.29, 0.717) is 0 Å². The van der Waals surface area contributed by atoms with Crippen LogP contribution in [0.5, 0.6) is 0 Å². The summed E-state index contributed by atoms with van der Waals surface area (Å²) in [5, 5.41) is 36.8. The van der Waals surface area contributed by atoms with Crippen LogP contribution in [0.3, 0.4) is 0 Å². The largest absolute Gasteiger partial charge is 0.481 e. The fourth-order valence-corrected chi connectivity index (χ4v) is 4.26. The van der Waals surface area contributed by atoms with Gasteiger partial charge in [-0.3, -0.25) is 14.5 Å². The van der Waals surface area contributed by atoms with E-state index in [1.165, 1.54) is 10.4 Å². The van der Waals surface area contributed by atoms with Crippen molar-refractivity contribution in [2.45, 2.75) is 44.5 Å². The zero-order valence-electron chi connectivity index (χ0n) is 19.4. The summed E-state index contributed by atoms with van der Waals surface area (Å²) in [4.78, 5) is 38.4. The highest BCUT2D eigenvalue weighted by molar-refractivity contribution is 7.09. The first kappa shape index (κ1) is 29.0. The van der Waals surface area contributed by atoms with E-state index in [-0.39, 0.29) is 0 Å². The Morgan fingerprint density at radius 1 is 1.03 bits per heavy atom. The van der Waals surface area contributed by atoms with Gasteiger partial charge in [-0.05, 0) is 29.5 Å². The molecule has 3 aromatic rings. The predicted octanol–water partition coefficient (Wildman–Crippen LogP) is 3.44. The van der Waals surface area contributed by atoms with E-state index in [1.54, 1.807) is 0 Å². The van der Waals surface area contributed by atoms with Crippen LogP contribution in [0.25, 0.3) is 0 Å². The van der Waals surface area contributed by atoms with E-state index >= 15 is 0 Å². The van der Waals surface area contributed by atoms with Crippen molar-refractivity contribution in [1.29, 1.82) is 0 Å². The zero-order chi connectivity index (χ0) is 26.6. The van der Waals surface area contributed by atoms with Crippen LogP contribution in [0.4, 0.5) is 0 Å². The van der Waals surface area contributed by atoms with Crippen LogP contribution in [-0.2, 0) is 34.0 Å². The number of aliphatic hydroxyl groups is 1. The molecule has 2 aromatic heterocycles. The average Bonchev–Trinajstić information content (AvgIpc) is 3.49. The number of thiophene rings is 1. The number of aliphatic carboxylic acids is 3. The minimum atomic E-state index is -2.74. The maximum Gasteiger partial charge on any atom is 0.336 e. The Morgan fingerprint density at radius 3 is 2.25 bits per heavy atom. The van der Waals surface area contributed by atoms with Gasteiger partial charge in [0, 0.05) is 48.5 Å². The van der Waals surface area contributed by atoms with Gasteiger partial charge in [-0.25, -0.2) is 9.78 Å². The van der Waals surface area contributed by atoms with Crippen LogP contribution in [0, 0.1) is 0 Å². The van der Waals surface area contributed by atoms with E-state index in [1.807, 2.05) is 42.2 Å². The molecule has 0 unspecified atom stereocenters. The number of carbonyl (C=O) groups is 3. The number of halogens is 1. The molecule has 4 N–H and O–H groups in total. The van der Waals surface area contributed by atoms with Crippen molar-refractivity contribution >= 4 is 40.8 Å². The lowest BCUT2D eigenvalue weighted by Crippen LogP contribution is -2.42. The summed E-state index contributed by atoms with van der Waals surface area (Å²) in [6.45, 7) is 3.86. The van der Waals surface area contributed by atoms with Crippen LogP contribution < -0.4 is 0 Å². The summed E-state index contributed by atoms with van der Waals surface area (Å²) < 4.78 is 2.12. The van der Waals surface area contributed by atoms with Gasteiger partial charge in [0.25, 0.3) is 0 Å². The fourth-order valence-electron chi connectivity index (χ4n) is 3.31. The molecule has 0 saturated carbocycles. The number of nitrogens with zero attached hydrogens (tertiary/aromatic N) is 3. The van der Waals surface area contributed by atoms with Gasteiger partial charge in [-0.2, -0.15) is 0 Å². The second-order valence-electron chi connectivity index (χ2n) is 8.01. The lowest BCUT2D eigenvalue weighted by molar-refractivity contribution is -0.170. The second kappa shape index (κ2) is 14.3. The normalized spacial score (nSPS) is 11.1. The van der Waals surface area contributed by atoms with Gasteiger partial charge in [0.2, 0.25) is 0 Å². The summed E-state index contributed by atoms with van der Waals surface area (Å²) in [7, 11) is 0. The average molecular weight is 538 g/mol. The molecule has 10 nitrogen and oxygen atoms in total. The minimum Gasteiger partial charge on any atom is -0.481 e. The van der Waals surface area contributed by atoms with Gasteiger partial charge in [0.15, 0.2) is 5.60 Å². The molecule has 0 amide bonds. The number of imidazole rings is 1. The number of hydrogen-bond donors (Lipinski definition) is 4. The first-order chi connectivity index (χ1) is 17.1. The van der Waals surface area contributed by atoms with Crippen molar-refractivity contribution in [3.8, 4) is 0 Å². The third-order valence-electron chi connectivity index (χ3n) is 5.05. The van der Waals surface area contributed by atoms with E-state index in [9.17, 15) is 14.4 Å². The van der Waals surface area contributed by atoms with Crippen LogP contribution >= 0.6 is 22.9 Å². The highest BCUT2D eigenvalue weighted by Gasteiger charge is 2.40. The van der Waals surface area contributed by atoms with Crippen LogP contribution in [0.1, 0.15) is 29.7 Å². The molecule has 0 fully saturated rings. The Balaban J connectivity index is 0.000000302. The van der Waals surface area contributed by atoms with Crippen LogP contribution in [-0.4, -0.2) is 64.9 Å². The Hall–Kier alpha value is -3.25. The van der Waals surface area contributed by atoms with Crippen LogP contribution in [0.2, 0.25) is 5.02 Å². The molecule has 36 heavy (non-hydrogen) atoms. The lowest BCUT2D eigenvalue weighted by Gasteiger charge is -2.22. The van der Waals surface area contributed by atoms with E-state index < -0.39 is 36.4 Å². The topological polar surface area (TPSA) is 153 Å². The summed E-state index contributed by atoms with van der Waals surface area (Å²) in [6, 6.07) is 12.4. The third kappa shape index (κ3) is 10.2. The Morgan fingerprint density at radius 2 is 1.72 bits per heavy atom. The number of hydrogen-bond acceptors (Lipinski definition) is 7. The first-order valence-electron chi connectivity index (χ1n) is 10.9. The molecule has 194 valence electrons. The Bertz CT molecular complexity index is 1090. The molecular weight excluding hydrogens is 510 g/mol. The summed E-state index contributed by atoms with van der Waals surface area (Å²) in [6.07, 6.45) is 4.51. The Kier molecular flexibility index (Phi) is 11.5. The molecule has 0 aliphatic rings. The monoisotopic (exact) mass is 537 g/mol. The van der Waals surface area contributed by atoms with Gasteiger partial charge < -0.3 is 25.0 Å². The number of carboxylic acid groups (broad SMARTS) is 3. The van der Waals surface area contributed by atoms with E-state index in [0.717, 1.165) is 37.6 Å². The molecule has 0 aliphatic carbocycles. The van der Waals surface area contributed by atoms with Gasteiger partial charge >= 0.3 is 17.9 Å². The van der Waals surface area contributed by atoms with Crippen molar-refractivity contribution in [2.24, 2.45) is 0 Å². The summed E-state index contributed by atoms with van der Waals surface area (Å²) in [5.74, 6) is -5.02. The molecule has 0 radical (unpaired) electrons. The van der Waals surface area contributed by atoms with E-state index in [2.05, 4.69) is 44.1 Å². The molecule has 0 saturated heterocycles. The van der Waals surface area contributed by atoms with Gasteiger partial charge in [-0.1, -0.05) is 35.9 Å². The van der Waals surface area contributed by atoms with Gasteiger partial charge in [0.05, 0.1) is 19.2 Å². The van der Waals surface area contributed by atoms with Crippen molar-refractivity contribution in [1.82, 2.24) is 14.5 Å².